The van der Waals surface area contributed by atoms with Gasteiger partial charge in [-0.1, -0.05) is 0 Å². The minimum atomic E-state index is 0.776. The Morgan fingerprint density at radius 2 is 2.33 bits per heavy atom. The highest BCUT2D eigenvalue weighted by molar-refractivity contribution is 9.10. The molecule has 0 spiro atoms. The van der Waals surface area contributed by atoms with Gasteiger partial charge in [0.1, 0.15) is 0 Å². The summed E-state index contributed by atoms with van der Waals surface area (Å²) in [4.78, 5) is 6.65. The van der Waals surface area contributed by atoms with Crippen LogP contribution in [0, 0.1) is 0 Å². The molecule has 0 saturated heterocycles. The highest BCUT2D eigenvalue weighted by Crippen LogP contribution is 2.06. The monoisotopic (exact) mass is 185 g/mol. The van der Waals surface area contributed by atoms with Crippen LogP contribution in [-0.4, -0.2) is 11.7 Å². The van der Waals surface area contributed by atoms with Crippen LogP contribution in [0.15, 0.2) is 22.8 Å². The maximum Gasteiger partial charge on any atom is 0.320 e. The predicted octanol–water partition coefficient (Wildman–Crippen LogP) is 0.257. The fourth-order valence-electron chi connectivity index (χ4n) is 0.480. The second-order valence-corrected chi connectivity index (χ2v) is 2.45. The highest BCUT2D eigenvalue weighted by atomic mass is 79.9. The smallest absolute Gasteiger partial charge is 0.251 e. The predicted molar refractivity (Wildman–Crippen MR) is 39.7 cm³/mol. The zero-order valence-corrected chi connectivity index (χ0v) is 6.35. The molecule has 0 unspecified atom stereocenters. The molecule has 0 aliphatic heterocycles. The summed E-state index contributed by atoms with van der Waals surface area (Å²) in [6, 6.07) is 3.75. The standard InChI is InChI=1S/C6H5BrN2/c1-8-6-3-2-5(7)4-9-6/h2-4H,1H2/p+1. The molecular weight excluding hydrogens is 180 g/mol. The fraction of sp³-hybridized carbons (Fsp3) is 0. The molecule has 2 nitrogen and oxygen atoms in total. The van der Waals surface area contributed by atoms with Crippen LogP contribution >= 0.6 is 15.9 Å². The van der Waals surface area contributed by atoms with Gasteiger partial charge in [-0.2, -0.15) is 0 Å². The molecular formula is C6H6BrN2+. The van der Waals surface area contributed by atoms with Gasteiger partial charge in [-0.15, -0.1) is 0 Å². The van der Waals surface area contributed by atoms with Crippen LogP contribution in [0.25, 0.3) is 0 Å². The van der Waals surface area contributed by atoms with Crippen molar-refractivity contribution in [2.24, 2.45) is 0 Å². The Kier molecular flexibility index (Phi) is 1.95. The summed E-state index contributed by atoms with van der Waals surface area (Å²) in [6.45, 7) is 3.46. The second-order valence-electron chi connectivity index (χ2n) is 1.54. The Morgan fingerprint density at radius 3 is 2.78 bits per heavy atom. The van der Waals surface area contributed by atoms with Gasteiger partial charge >= 0.3 is 5.82 Å². The number of hydrogen-bond acceptors (Lipinski definition) is 1. The lowest BCUT2D eigenvalue weighted by Gasteiger charge is -1.80. The number of pyridine rings is 1. The Bertz CT molecular complexity index is 205. The SMILES string of the molecule is C=[NH+]c1ccc(Br)cn1. The minimum Gasteiger partial charge on any atom is -0.251 e. The van der Waals surface area contributed by atoms with E-state index in [1.807, 2.05) is 12.1 Å². The van der Waals surface area contributed by atoms with Gasteiger partial charge in [0.15, 0.2) is 6.20 Å². The van der Waals surface area contributed by atoms with Crippen molar-refractivity contribution >= 4 is 28.5 Å². The molecule has 0 radical (unpaired) electrons. The third kappa shape index (κ3) is 1.61. The number of nitrogens with one attached hydrogen (secondary N) is 1. The summed E-state index contributed by atoms with van der Waals surface area (Å²) in [6.07, 6.45) is 1.72. The van der Waals surface area contributed by atoms with Crippen molar-refractivity contribution in [1.29, 1.82) is 0 Å². The second kappa shape index (κ2) is 2.73. The molecule has 0 atom stereocenters. The van der Waals surface area contributed by atoms with E-state index in [1.165, 1.54) is 0 Å². The third-order valence-electron chi connectivity index (χ3n) is 0.909. The number of hydrogen-bond donors (Lipinski definition) is 1. The van der Waals surface area contributed by atoms with Gasteiger partial charge in [-0.05, 0) is 27.0 Å². The van der Waals surface area contributed by atoms with Crippen LogP contribution < -0.4 is 4.99 Å². The molecule has 0 aliphatic rings. The summed E-state index contributed by atoms with van der Waals surface area (Å²) >= 11 is 3.26. The zero-order chi connectivity index (χ0) is 6.69. The van der Waals surface area contributed by atoms with Gasteiger partial charge in [0.05, 0.1) is 11.2 Å². The summed E-state index contributed by atoms with van der Waals surface area (Å²) in [5, 5.41) is 0. The van der Waals surface area contributed by atoms with E-state index in [0.29, 0.717) is 0 Å². The molecule has 0 saturated carbocycles. The Morgan fingerprint density at radius 1 is 1.56 bits per heavy atom. The molecule has 0 amide bonds. The quantitative estimate of drug-likeness (QED) is 0.625. The first kappa shape index (κ1) is 6.42. The van der Waals surface area contributed by atoms with Crippen LogP contribution in [-0.2, 0) is 0 Å². The van der Waals surface area contributed by atoms with Crippen molar-refractivity contribution in [1.82, 2.24) is 4.98 Å². The van der Waals surface area contributed by atoms with Gasteiger partial charge in [-0.3, -0.25) is 4.99 Å². The van der Waals surface area contributed by atoms with Crippen molar-refractivity contribution in [3.8, 4) is 0 Å². The normalized spacial score (nSPS) is 9.00. The van der Waals surface area contributed by atoms with Gasteiger partial charge in [0.25, 0.3) is 0 Å². The lowest BCUT2D eigenvalue weighted by molar-refractivity contribution is -0.347. The summed E-state index contributed by atoms with van der Waals surface area (Å²) in [7, 11) is 0. The van der Waals surface area contributed by atoms with Crippen molar-refractivity contribution in [3.63, 3.8) is 0 Å². The molecule has 3 heteroatoms. The average Bonchev–Trinajstić information content (AvgIpc) is 1.90. The van der Waals surface area contributed by atoms with Gasteiger partial charge in [0.2, 0.25) is 0 Å². The molecule has 0 bridgehead atoms. The van der Waals surface area contributed by atoms with Crippen molar-refractivity contribution in [3.05, 3.63) is 22.8 Å². The first-order chi connectivity index (χ1) is 4.33. The third-order valence-corrected chi connectivity index (χ3v) is 1.38. The van der Waals surface area contributed by atoms with Crippen LogP contribution in [0.5, 0.6) is 0 Å². The van der Waals surface area contributed by atoms with Gasteiger partial charge < -0.3 is 0 Å². The molecule has 1 heterocycles. The molecule has 1 rings (SSSR count). The maximum atomic E-state index is 3.98. The van der Waals surface area contributed by atoms with E-state index >= 15 is 0 Å². The lowest BCUT2D eigenvalue weighted by atomic mass is 10.5. The Hall–Kier alpha value is -0.700. The molecule has 0 aromatic carbocycles. The van der Waals surface area contributed by atoms with Crippen LogP contribution in [0.2, 0.25) is 0 Å². The Labute approximate surface area is 61.8 Å². The number of nitrogens with zero attached hydrogens (tertiary/aromatic N) is 1. The van der Waals surface area contributed by atoms with E-state index in [9.17, 15) is 0 Å². The summed E-state index contributed by atoms with van der Waals surface area (Å²) < 4.78 is 0.974. The van der Waals surface area contributed by atoms with Gasteiger partial charge in [0, 0.05) is 6.07 Å². The Balaban J connectivity index is 3.01. The van der Waals surface area contributed by atoms with Crippen molar-refractivity contribution in [2.75, 3.05) is 0 Å². The first-order valence-corrected chi connectivity index (χ1v) is 3.27. The summed E-state index contributed by atoms with van der Waals surface area (Å²) in [5.41, 5.74) is 0. The largest absolute Gasteiger partial charge is 0.320 e. The van der Waals surface area contributed by atoms with Crippen LogP contribution in [0.1, 0.15) is 0 Å². The lowest BCUT2D eigenvalue weighted by Crippen LogP contribution is -2.58. The topological polar surface area (TPSA) is 26.9 Å². The van der Waals surface area contributed by atoms with E-state index in [-0.39, 0.29) is 0 Å². The average molecular weight is 186 g/mol. The molecule has 1 N–H and O–H groups in total. The van der Waals surface area contributed by atoms with Crippen LogP contribution in [0.4, 0.5) is 5.82 Å². The molecule has 9 heavy (non-hydrogen) atoms. The van der Waals surface area contributed by atoms with E-state index in [1.54, 1.807) is 6.20 Å². The van der Waals surface area contributed by atoms with E-state index in [4.69, 9.17) is 0 Å². The maximum absolute atomic E-state index is 3.98. The molecule has 1 aromatic heterocycles. The minimum absolute atomic E-state index is 0.776. The molecule has 0 fully saturated rings. The number of halogens is 1. The van der Waals surface area contributed by atoms with Crippen molar-refractivity contribution < 1.29 is 4.99 Å². The number of aromatic nitrogens is 1. The van der Waals surface area contributed by atoms with E-state index in [2.05, 4.69) is 32.6 Å². The highest BCUT2D eigenvalue weighted by Gasteiger charge is 1.94. The molecule has 46 valence electrons. The van der Waals surface area contributed by atoms with Gasteiger partial charge in [-0.25, -0.2) is 0 Å². The van der Waals surface area contributed by atoms with E-state index in [0.717, 1.165) is 10.3 Å². The van der Waals surface area contributed by atoms with E-state index < -0.39 is 0 Å². The molecule has 1 aromatic rings. The fourth-order valence-corrected chi connectivity index (χ4v) is 0.715. The summed E-state index contributed by atoms with van der Waals surface area (Å²) in [5.74, 6) is 0.776. The zero-order valence-electron chi connectivity index (χ0n) is 4.76. The number of rotatable bonds is 1. The van der Waals surface area contributed by atoms with Crippen molar-refractivity contribution in [2.45, 2.75) is 0 Å². The first-order valence-electron chi connectivity index (χ1n) is 2.47. The van der Waals surface area contributed by atoms with Crippen LogP contribution in [0.3, 0.4) is 0 Å². The molecule has 0 aliphatic carbocycles.